The van der Waals surface area contributed by atoms with E-state index in [1.807, 2.05) is 24.3 Å². The van der Waals surface area contributed by atoms with Gasteiger partial charge in [0.1, 0.15) is 5.75 Å². The summed E-state index contributed by atoms with van der Waals surface area (Å²) in [6.07, 6.45) is 0. The molecule has 0 saturated carbocycles. The van der Waals surface area contributed by atoms with Crippen molar-refractivity contribution in [3.63, 3.8) is 0 Å². The number of rotatable bonds is 3. The van der Waals surface area contributed by atoms with Gasteiger partial charge in [0.2, 0.25) is 0 Å². The van der Waals surface area contributed by atoms with Crippen LogP contribution in [-0.2, 0) is 4.74 Å². The first-order chi connectivity index (χ1) is 11.8. The molecule has 0 unspecified atom stereocenters. The topological polar surface area (TPSA) is 34.6 Å². The van der Waals surface area contributed by atoms with Crippen molar-refractivity contribution >= 4 is 16.6 Å². The fourth-order valence-corrected chi connectivity index (χ4v) is 3.05. The molecular weight excluding hydrogens is 300 g/mol. The summed E-state index contributed by atoms with van der Waals surface area (Å²) in [5.41, 5.74) is 4.32. The molecule has 0 aliphatic carbocycles. The Balaban J connectivity index is 1.65. The molecule has 0 amide bonds. The van der Waals surface area contributed by atoms with Crippen LogP contribution in [0.25, 0.3) is 22.2 Å². The van der Waals surface area contributed by atoms with E-state index in [0.717, 1.165) is 54.2 Å². The van der Waals surface area contributed by atoms with E-state index in [0.29, 0.717) is 0 Å². The third-order valence-electron chi connectivity index (χ3n) is 4.43. The normalized spacial score (nSPS) is 14.8. The van der Waals surface area contributed by atoms with E-state index in [1.165, 1.54) is 5.69 Å². The Bertz CT molecular complexity index is 840. The summed E-state index contributed by atoms with van der Waals surface area (Å²) in [4.78, 5) is 7.16. The standard InChI is InChI=1S/C20H20N2O2/c1-23-18-6-2-15(3-7-18)19-8-4-16-14-17(5-9-20(16)21-19)22-10-12-24-13-11-22/h2-9,14H,10-13H2,1H3. The summed E-state index contributed by atoms with van der Waals surface area (Å²) in [7, 11) is 1.68. The van der Waals surface area contributed by atoms with Crippen molar-refractivity contribution in [3.05, 3.63) is 54.6 Å². The largest absolute Gasteiger partial charge is 0.497 e. The second-order valence-electron chi connectivity index (χ2n) is 5.90. The first-order valence-electron chi connectivity index (χ1n) is 8.21. The van der Waals surface area contributed by atoms with Gasteiger partial charge in [-0.1, -0.05) is 6.07 Å². The highest BCUT2D eigenvalue weighted by Crippen LogP contribution is 2.26. The molecule has 4 rings (SSSR count). The van der Waals surface area contributed by atoms with Crippen LogP contribution in [-0.4, -0.2) is 38.4 Å². The van der Waals surface area contributed by atoms with Gasteiger partial charge in [0.25, 0.3) is 0 Å². The molecule has 24 heavy (non-hydrogen) atoms. The lowest BCUT2D eigenvalue weighted by Crippen LogP contribution is -2.36. The molecule has 3 aromatic rings. The van der Waals surface area contributed by atoms with Crippen LogP contribution < -0.4 is 9.64 Å². The highest BCUT2D eigenvalue weighted by Gasteiger charge is 2.12. The zero-order chi connectivity index (χ0) is 16.4. The van der Waals surface area contributed by atoms with Crippen molar-refractivity contribution < 1.29 is 9.47 Å². The van der Waals surface area contributed by atoms with Crippen molar-refractivity contribution in [1.29, 1.82) is 0 Å². The van der Waals surface area contributed by atoms with E-state index in [-0.39, 0.29) is 0 Å². The first-order valence-corrected chi connectivity index (χ1v) is 8.21. The lowest BCUT2D eigenvalue weighted by molar-refractivity contribution is 0.122. The van der Waals surface area contributed by atoms with E-state index in [1.54, 1.807) is 7.11 Å². The summed E-state index contributed by atoms with van der Waals surface area (Å²) in [5, 5.41) is 1.16. The van der Waals surface area contributed by atoms with Gasteiger partial charge in [-0.2, -0.15) is 0 Å². The van der Waals surface area contributed by atoms with Crippen molar-refractivity contribution in [1.82, 2.24) is 4.98 Å². The number of anilines is 1. The maximum absolute atomic E-state index is 5.43. The summed E-state index contributed by atoms with van der Waals surface area (Å²) >= 11 is 0. The third-order valence-corrected chi connectivity index (χ3v) is 4.43. The van der Waals surface area contributed by atoms with E-state index in [2.05, 4.69) is 35.2 Å². The molecule has 0 bridgehead atoms. The van der Waals surface area contributed by atoms with Crippen LogP contribution in [0.3, 0.4) is 0 Å². The molecular formula is C20H20N2O2. The average molecular weight is 320 g/mol. The maximum Gasteiger partial charge on any atom is 0.118 e. The number of nitrogens with zero attached hydrogens (tertiary/aromatic N) is 2. The zero-order valence-corrected chi connectivity index (χ0v) is 13.7. The maximum atomic E-state index is 5.43. The second kappa shape index (κ2) is 6.49. The summed E-state index contributed by atoms with van der Waals surface area (Å²) in [6, 6.07) is 18.7. The Morgan fingerprint density at radius 3 is 2.50 bits per heavy atom. The monoisotopic (exact) mass is 320 g/mol. The minimum Gasteiger partial charge on any atom is -0.497 e. The van der Waals surface area contributed by atoms with E-state index >= 15 is 0 Å². The van der Waals surface area contributed by atoms with Gasteiger partial charge in [-0.25, -0.2) is 4.98 Å². The number of pyridine rings is 1. The number of benzene rings is 2. The van der Waals surface area contributed by atoms with Crippen molar-refractivity contribution in [3.8, 4) is 17.0 Å². The van der Waals surface area contributed by atoms with Gasteiger partial charge in [0.05, 0.1) is 31.5 Å². The molecule has 2 heterocycles. The van der Waals surface area contributed by atoms with Crippen molar-refractivity contribution in [2.75, 3.05) is 38.3 Å². The number of ether oxygens (including phenoxy) is 2. The third kappa shape index (κ3) is 2.93. The first kappa shape index (κ1) is 15.0. The minimum atomic E-state index is 0.798. The van der Waals surface area contributed by atoms with E-state index in [4.69, 9.17) is 14.5 Å². The van der Waals surface area contributed by atoms with E-state index < -0.39 is 0 Å². The molecule has 0 atom stereocenters. The number of fused-ring (bicyclic) bond motifs is 1. The average Bonchev–Trinajstić information content (AvgIpc) is 2.68. The fourth-order valence-electron chi connectivity index (χ4n) is 3.05. The number of hydrogen-bond donors (Lipinski definition) is 0. The van der Waals surface area contributed by atoms with Crippen molar-refractivity contribution in [2.24, 2.45) is 0 Å². The highest BCUT2D eigenvalue weighted by molar-refractivity contribution is 5.85. The quantitative estimate of drug-likeness (QED) is 0.736. The van der Waals surface area contributed by atoms with Crippen LogP contribution >= 0.6 is 0 Å². The van der Waals surface area contributed by atoms with Gasteiger partial charge >= 0.3 is 0 Å². The number of morpholine rings is 1. The number of aromatic nitrogens is 1. The number of methoxy groups -OCH3 is 1. The molecule has 1 saturated heterocycles. The molecule has 0 radical (unpaired) electrons. The molecule has 122 valence electrons. The summed E-state index contributed by atoms with van der Waals surface area (Å²) in [5.74, 6) is 0.856. The molecule has 1 aromatic heterocycles. The Labute approximate surface area is 141 Å². The van der Waals surface area contributed by atoms with Crippen LogP contribution in [0.2, 0.25) is 0 Å². The van der Waals surface area contributed by atoms with Crippen LogP contribution in [0, 0.1) is 0 Å². The minimum absolute atomic E-state index is 0.798. The predicted molar refractivity (Wildman–Crippen MR) is 96.8 cm³/mol. The molecule has 0 spiro atoms. The Morgan fingerprint density at radius 2 is 1.75 bits per heavy atom. The zero-order valence-electron chi connectivity index (χ0n) is 13.7. The van der Waals surface area contributed by atoms with Crippen molar-refractivity contribution in [2.45, 2.75) is 0 Å². The molecule has 0 N–H and O–H groups in total. The molecule has 1 fully saturated rings. The van der Waals surface area contributed by atoms with Gasteiger partial charge in [0, 0.05) is 29.7 Å². The molecule has 1 aliphatic heterocycles. The predicted octanol–water partition coefficient (Wildman–Crippen LogP) is 3.75. The lowest BCUT2D eigenvalue weighted by Gasteiger charge is -2.29. The fraction of sp³-hybridized carbons (Fsp3) is 0.250. The molecule has 4 heteroatoms. The van der Waals surface area contributed by atoms with Crippen LogP contribution in [0.15, 0.2) is 54.6 Å². The Morgan fingerprint density at radius 1 is 0.958 bits per heavy atom. The van der Waals surface area contributed by atoms with Gasteiger partial charge in [-0.05, 0) is 48.5 Å². The Kier molecular flexibility index (Phi) is 4.05. The molecule has 2 aromatic carbocycles. The number of hydrogen-bond acceptors (Lipinski definition) is 4. The molecule has 1 aliphatic rings. The highest BCUT2D eigenvalue weighted by atomic mass is 16.5. The van der Waals surface area contributed by atoms with Gasteiger partial charge in [0.15, 0.2) is 0 Å². The van der Waals surface area contributed by atoms with Crippen LogP contribution in [0.5, 0.6) is 5.75 Å². The second-order valence-corrected chi connectivity index (χ2v) is 5.90. The van der Waals surface area contributed by atoms with Crippen LogP contribution in [0.1, 0.15) is 0 Å². The van der Waals surface area contributed by atoms with Crippen LogP contribution in [0.4, 0.5) is 5.69 Å². The van der Waals surface area contributed by atoms with Gasteiger partial charge in [-0.3, -0.25) is 0 Å². The van der Waals surface area contributed by atoms with E-state index in [9.17, 15) is 0 Å². The van der Waals surface area contributed by atoms with Gasteiger partial charge < -0.3 is 14.4 Å². The van der Waals surface area contributed by atoms with Gasteiger partial charge in [-0.15, -0.1) is 0 Å². The summed E-state index contributed by atoms with van der Waals surface area (Å²) < 4.78 is 10.6. The SMILES string of the molecule is COc1ccc(-c2ccc3cc(N4CCOCC4)ccc3n2)cc1. The summed E-state index contributed by atoms with van der Waals surface area (Å²) in [6.45, 7) is 3.49. The Hall–Kier alpha value is -2.59. The molecule has 4 nitrogen and oxygen atoms in total. The smallest absolute Gasteiger partial charge is 0.118 e. The lowest BCUT2D eigenvalue weighted by atomic mass is 10.1.